The number of hydrogen-bond donors (Lipinski definition) is 1. The predicted molar refractivity (Wildman–Crippen MR) is 92.1 cm³/mol. The summed E-state index contributed by atoms with van der Waals surface area (Å²) >= 11 is 0. The number of amides is 1. The molecule has 0 saturated carbocycles. The number of carbonyl (C=O) groups is 1. The molecule has 0 bridgehead atoms. The maximum atomic E-state index is 13.2. The second-order valence-corrected chi connectivity index (χ2v) is 7.27. The van der Waals surface area contributed by atoms with Gasteiger partial charge in [-0.2, -0.15) is 0 Å². The summed E-state index contributed by atoms with van der Waals surface area (Å²) in [5, 5.41) is 1.24. The third-order valence-corrected chi connectivity index (χ3v) is 5.80. The number of benzene rings is 1. The molecule has 2 fully saturated rings. The Bertz CT molecular complexity index is 712. The van der Waals surface area contributed by atoms with Gasteiger partial charge in [-0.3, -0.25) is 4.79 Å². The number of para-hydroxylation sites is 1. The van der Waals surface area contributed by atoms with Gasteiger partial charge in [0.05, 0.1) is 5.41 Å². The summed E-state index contributed by atoms with van der Waals surface area (Å²) in [6.45, 7) is 3.73. The minimum Gasteiger partial charge on any atom is -0.361 e. The zero-order valence-corrected chi connectivity index (χ0v) is 13.8. The van der Waals surface area contributed by atoms with Gasteiger partial charge in [0.15, 0.2) is 0 Å². The average Bonchev–Trinajstić information content (AvgIpc) is 2.98. The Balaban J connectivity index is 1.56. The van der Waals surface area contributed by atoms with Crippen molar-refractivity contribution >= 4 is 16.8 Å². The molecule has 0 unspecified atom stereocenters. The monoisotopic (exact) mass is 311 g/mol. The molecule has 0 atom stereocenters. The van der Waals surface area contributed by atoms with Crippen LogP contribution in [0.1, 0.15) is 31.2 Å². The molecule has 1 aromatic carbocycles. The van der Waals surface area contributed by atoms with Crippen molar-refractivity contribution in [1.29, 1.82) is 0 Å². The fourth-order valence-corrected chi connectivity index (χ4v) is 4.28. The van der Waals surface area contributed by atoms with Gasteiger partial charge in [-0.15, -0.1) is 0 Å². The Hall–Kier alpha value is -1.81. The fraction of sp³-hybridized carbons (Fsp3) is 0.526. The quantitative estimate of drug-likeness (QED) is 0.926. The van der Waals surface area contributed by atoms with Gasteiger partial charge in [0.2, 0.25) is 5.91 Å². The zero-order chi connectivity index (χ0) is 15.9. The zero-order valence-electron chi connectivity index (χ0n) is 13.8. The number of H-pyrrole nitrogens is 1. The molecular formula is C19H25N3O. The highest BCUT2D eigenvalue weighted by atomic mass is 16.2. The Labute approximate surface area is 137 Å². The Morgan fingerprint density at radius 3 is 2.74 bits per heavy atom. The number of fused-ring (bicyclic) bond motifs is 1. The molecule has 4 rings (SSSR count). The number of carbonyl (C=O) groups excluding carboxylic acids is 1. The maximum Gasteiger partial charge on any atom is 0.229 e. The first-order valence-electron chi connectivity index (χ1n) is 8.71. The summed E-state index contributed by atoms with van der Waals surface area (Å²) in [7, 11) is 2.16. The van der Waals surface area contributed by atoms with Crippen LogP contribution in [-0.4, -0.2) is 47.4 Å². The van der Waals surface area contributed by atoms with Crippen molar-refractivity contribution in [3.8, 4) is 0 Å². The largest absolute Gasteiger partial charge is 0.361 e. The van der Waals surface area contributed by atoms with Gasteiger partial charge in [0.1, 0.15) is 0 Å². The standard InChI is InChI=1S/C19H25N3O/c1-21-11-8-19(9-12-21)7-4-10-22(18(19)23)14-15-13-20-17-6-3-2-5-16(15)17/h2-3,5-6,13,20H,4,7-12,14H2,1H3. The van der Waals surface area contributed by atoms with Crippen LogP contribution in [-0.2, 0) is 11.3 Å². The van der Waals surface area contributed by atoms with E-state index in [4.69, 9.17) is 0 Å². The van der Waals surface area contributed by atoms with Crippen LogP contribution in [0.3, 0.4) is 0 Å². The first-order chi connectivity index (χ1) is 11.2. The van der Waals surface area contributed by atoms with Crippen LogP contribution in [0.25, 0.3) is 10.9 Å². The molecule has 2 aliphatic rings. The summed E-state index contributed by atoms with van der Waals surface area (Å²) in [6.07, 6.45) is 6.31. The van der Waals surface area contributed by atoms with E-state index in [1.807, 2.05) is 6.07 Å². The first-order valence-corrected chi connectivity index (χ1v) is 8.71. The van der Waals surface area contributed by atoms with E-state index in [-0.39, 0.29) is 5.41 Å². The van der Waals surface area contributed by atoms with Gasteiger partial charge >= 0.3 is 0 Å². The molecular weight excluding hydrogens is 286 g/mol. The summed E-state index contributed by atoms with van der Waals surface area (Å²) in [6, 6.07) is 8.34. The third-order valence-electron chi connectivity index (χ3n) is 5.80. The molecule has 0 aliphatic carbocycles. The number of hydrogen-bond acceptors (Lipinski definition) is 2. The van der Waals surface area contributed by atoms with Crippen molar-refractivity contribution in [3.63, 3.8) is 0 Å². The van der Waals surface area contributed by atoms with E-state index in [0.717, 1.165) is 57.4 Å². The molecule has 3 heterocycles. The van der Waals surface area contributed by atoms with Crippen molar-refractivity contribution in [2.75, 3.05) is 26.7 Å². The third kappa shape index (κ3) is 2.55. The lowest BCUT2D eigenvalue weighted by Crippen LogP contribution is -2.52. The molecule has 2 aliphatic heterocycles. The lowest BCUT2D eigenvalue weighted by Gasteiger charge is -2.45. The van der Waals surface area contributed by atoms with Gasteiger partial charge < -0.3 is 14.8 Å². The second-order valence-electron chi connectivity index (χ2n) is 7.27. The normalized spacial score (nSPS) is 22.1. The predicted octanol–water partition coefficient (Wildman–Crippen LogP) is 3.00. The van der Waals surface area contributed by atoms with Crippen molar-refractivity contribution in [1.82, 2.24) is 14.8 Å². The second kappa shape index (κ2) is 5.68. The van der Waals surface area contributed by atoms with Gasteiger partial charge in [0, 0.05) is 30.2 Å². The van der Waals surface area contributed by atoms with Crippen LogP contribution in [0.2, 0.25) is 0 Å². The van der Waals surface area contributed by atoms with Gasteiger partial charge in [-0.1, -0.05) is 18.2 Å². The van der Waals surface area contributed by atoms with Crippen LogP contribution in [0, 0.1) is 5.41 Å². The van der Waals surface area contributed by atoms with Crippen LogP contribution < -0.4 is 0 Å². The molecule has 4 nitrogen and oxygen atoms in total. The molecule has 1 aromatic heterocycles. The molecule has 0 radical (unpaired) electrons. The fourth-order valence-electron chi connectivity index (χ4n) is 4.28. The molecule has 1 N–H and O–H groups in total. The average molecular weight is 311 g/mol. The smallest absolute Gasteiger partial charge is 0.229 e. The molecule has 1 spiro atoms. The number of aromatic nitrogens is 1. The lowest BCUT2D eigenvalue weighted by molar-refractivity contribution is -0.150. The highest BCUT2D eigenvalue weighted by molar-refractivity contribution is 5.86. The summed E-state index contributed by atoms with van der Waals surface area (Å²) in [5.74, 6) is 0.391. The van der Waals surface area contributed by atoms with Gasteiger partial charge in [0.25, 0.3) is 0 Å². The molecule has 4 heteroatoms. The minimum absolute atomic E-state index is 0.0864. The van der Waals surface area contributed by atoms with E-state index in [1.165, 1.54) is 10.9 Å². The molecule has 2 saturated heterocycles. The van der Waals surface area contributed by atoms with Crippen molar-refractivity contribution in [2.45, 2.75) is 32.2 Å². The number of nitrogens with zero attached hydrogens (tertiary/aromatic N) is 2. The van der Waals surface area contributed by atoms with Crippen molar-refractivity contribution in [2.24, 2.45) is 5.41 Å². The highest BCUT2D eigenvalue weighted by Crippen LogP contribution is 2.41. The number of aromatic amines is 1. The highest BCUT2D eigenvalue weighted by Gasteiger charge is 2.45. The topological polar surface area (TPSA) is 39.3 Å². The van der Waals surface area contributed by atoms with E-state index in [9.17, 15) is 4.79 Å². The maximum absolute atomic E-state index is 13.2. The first kappa shape index (κ1) is 14.8. The van der Waals surface area contributed by atoms with E-state index in [1.54, 1.807) is 0 Å². The SMILES string of the molecule is CN1CCC2(CCCN(Cc3c[nH]c4ccccc34)C2=O)CC1. The van der Waals surface area contributed by atoms with Crippen LogP contribution in [0.5, 0.6) is 0 Å². The van der Waals surface area contributed by atoms with Crippen molar-refractivity contribution < 1.29 is 4.79 Å². The summed E-state index contributed by atoms with van der Waals surface area (Å²) in [4.78, 5) is 20.9. The lowest BCUT2D eigenvalue weighted by atomic mass is 9.71. The van der Waals surface area contributed by atoms with Crippen LogP contribution in [0.4, 0.5) is 0 Å². The molecule has 23 heavy (non-hydrogen) atoms. The van der Waals surface area contributed by atoms with Crippen molar-refractivity contribution in [3.05, 3.63) is 36.0 Å². The van der Waals surface area contributed by atoms with E-state index in [0.29, 0.717) is 5.91 Å². The number of nitrogens with one attached hydrogen (secondary N) is 1. The van der Waals surface area contributed by atoms with E-state index in [2.05, 4.69) is 46.2 Å². The Morgan fingerprint density at radius 2 is 1.91 bits per heavy atom. The minimum atomic E-state index is -0.0864. The number of likely N-dealkylation sites (tertiary alicyclic amines) is 2. The summed E-state index contributed by atoms with van der Waals surface area (Å²) in [5.41, 5.74) is 2.30. The van der Waals surface area contributed by atoms with E-state index >= 15 is 0 Å². The molecule has 122 valence electrons. The number of rotatable bonds is 2. The Kier molecular flexibility index (Phi) is 3.64. The van der Waals surface area contributed by atoms with E-state index < -0.39 is 0 Å². The molecule has 2 aromatic rings. The Morgan fingerprint density at radius 1 is 1.13 bits per heavy atom. The van der Waals surface area contributed by atoms with Crippen LogP contribution >= 0.6 is 0 Å². The summed E-state index contributed by atoms with van der Waals surface area (Å²) < 4.78 is 0. The number of piperidine rings is 2. The van der Waals surface area contributed by atoms with Gasteiger partial charge in [-0.25, -0.2) is 0 Å². The van der Waals surface area contributed by atoms with Crippen LogP contribution in [0.15, 0.2) is 30.5 Å². The van der Waals surface area contributed by atoms with Gasteiger partial charge in [-0.05, 0) is 57.5 Å². The molecule has 1 amide bonds.